The molecule has 0 radical (unpaired) electrons. The second-order valence-corrected chi connectivity index (χ2v) is 3.84. The fourth-order valence-electron chi connectivity index (χ4n) is 1.85. The van der Waals surface area contributed by atoms with E-state index in [-0.39, 0.29) is 5.91 Å². The average molecular weight is 208 g/mol. The molecule has 0 aliphatic carbocycles. The molecular weight excluding hydrogens is 192 g/mol. The number of nitrogens with zero attached hydrogens (tertiary/aromatic N) is 3. The molecule has 0 bridgehead atoms. The Morgan fingerprint density at radius 2 is 2.13 bits per heavy atom. The van der Waals surface area contributed by atoms with Gasteiger partial charge in [-0.15, -0.1) is 0 Å². The van der Waals surface area contributed by atoms with Gasteiger partial charge in [-0.3, -0.25) is 9.48 Å². The molecule has 0 spiro atoms. The van der Waals surface area contributed by atoms with Gasteiger partial charge in [-0.2, -0.15) is 5.10 Å². The predicted molar refractivity (Wildman–Crippen MR) is 56.7 cm³/mol. The minimum absolute atomic E-state index is 0.0992. The third kappa shape index (κ3) is 2.02. The molecule has 1 N–H and O–H groups in total. The molecule has 5 nitrogen and oxygen atoms in total. The van der Waals surface area contributed by atoms with Gasteiger partial charge in [0.05, 0.1) is 11.3 Å². The molecule has 0 saturated carbocycles. The van der Waals surface area contributed by atoms with Gasteiger partial charge in [0, 0.05) is 39.4 Å². The average Bonchev–Trinajstić information content (AvgIpc) is 2.58. The minimum Gasteiger partial charge on any atom is -0.336 e. The number of carbonyl (C=O) groups excluding carboxylic acids is 1. The molecule has 2 heterocycles. The van der Waals surface area contributed by atoms with E-state index >= 15 is 0 Å². The monoisotopic (exact) mass is 208 g/mol. The van der Waals surface area contributed by atoms with Crippen LogP contribution in [0.4, 0.5) is 0 Å². The van der Waals surface area contributed by atoms with E-state index in [9.17, 15) is 4.79 Å². The van der Waals surface area contributed by atoms with Crippen LogP contribution in [0.5, 0.6) is 0 Å². The lowest BCUT2D eigenvalue weighted by Gasteiger charge is -2.27. The van der Waals surface area contributed by atoms with Crippen molar-refractivity contribution in [1.82, 2.24) is 20.0 Å². The highest BCUT2D eigenvalue weighted by molar-refractivity contribution is 5.95. The van der Waals surface area contributed by atoms with E-state index < -0.39 is 0 Å². The summed E-state index contributed by atoms with van der Waals surface area (Å²) in [7, 11) is 1.83. The fraction of sp³-hybridized carbons (Fsp3) is 0.600. The van der Waals surface area contributed by atoms with E-state index in [1.807, 2.05) is 18.9 Å². The molecule has 1 saturated heterocycles. The molecule has 1 aliphatic rings. The number of hydrogen-bond donors (Lipinski definition) is 1. The second-order valence-electron chi connectivity index (χ2n) is 3.84. The third-order valence-electron chi connectivity index (χ3n) is 2.65. The van der Waals surface area contributed by atoms with Gasteiger partial charge in [0.1, 0.15) is 0 Å². The van der Waals surface area contributed by atoms with E-state index in [2.05, 4.69) is 10.4 Å². The van der Waals surface area contributed by atoms with Crippen molar-refractivity contribution in [2.75, 3.05) is 26.2 Å². The maximum absolute atomic E-state index is 12.1. The van der Waals surface area contributed by atoms with Crippen LogP contribution in [0.3, 0.4) is 0 Å². The molecule has 0 unspecified atom stereocenters. The zero-order valence-electron chi connectivity index (χ0n) is 9.16. The third-order valence-corrected chi connectivity index (χ3v) is 2.65. The highest BCUT2D eigenvalue weighted by Gasteiger charge is 2.20. The Hall–Kier alpha value is -1.36. The Labute approximate surface area is 89.1 Å². The Kier molecular flexibility index (Phi) is 2.73. The summed E-state index contributed by atoms with van der Waals surface area (Å²) < 4.78 is 1.69. The first-order valence-corrected chi connectivity index (χ1v) is 5.18. The van der Waals surface area contributed by atoms with Crippen LogP contribution in [0.2, 0.25) is 0 Å². The van der Waals surface area contributed by atoms with Gasteiger partial charge < -0.3 is 10.2 Å². The second kappa shape index (κ2) is 4.02. The molecule has 2 rings (SSSR count). The normalized spacial score (nSPS) is 16.8. The molecule has 5 heteroatoms. The SMILES string of the molecule is Cc1nn(C)cc1C(=O)N1CCNCC1. The maximum atomic E-state index is 12.1. The lowest BCUT2D eigenvalue weighted by Crippen LogP contribution is -2.46. The van der Waals surface area contributed by atoms with Crippen LogP contribution in [-0.2, 0) is 7.05 Å². The van der Waals surface area contributed by atoms with E-state index in [0.29, 0.717) is 0 Å². The van der Waals surface area contributed by atoms with E-state index in [1.165, 1.54) is 0 Å². The number of piperazine rings is 1. The Balaban J connectivity index is 2.16. The van der Waals surface area contributed by atoms with E-state index in [0.717, 1.165) is 37.4 Å². The summed E-state index contributed by atoms with van der Waals surface area (Å²) in [6, 6.07) is 0. The van der Waals surface area contributed by atoms with Gasteiger partial charge in [0.25, 0.3) is 5.91 Å². The minimum atomic E-state index is 0.0992. The smallest absolute Gasteiger partial charge is 0.257 e. The highest BCUT2D eigenvalue weighted by Crippen LogP contribution is 2.09. The van der Waals surface area contributed by atoms with Crippen molar-refractivity contribution < 1.29 is 4.79 Å². The first kappa shape index (κ1) is 10.2. The lowest BCUT2D eigenvalue weighted by atomic mass is 10.2. The first-order valence-electron chi connectivity index (χ1n) is 5.18. The summed E-state index contributed by atoms with van der Waals surface area (Å²) in [5.74, 6) is 0.0992. The molecule has 1 fully saturated rings. The fourth-order valence-corrected chi connectivity index (χ4v) is 1.85. The molecule has 1 aromatic heterocycles. The Morgan fingerprint density at radius 3 is 2.67 bits per heavy atom. The largest absolute Gasteiger partial charge is 0.336 e. The number of rotatable bonds is 1. The van der Waals surface area contributed by atoms with Crippen LogP contribution >= 0.6 is 0 Å². The van der Waals surface area contributed by atoms with Crippen LogP contribution in [0.15, 0.2) is 6.20 Å². The quantitative estimate of drug-likeness (QED) is 0.694. The summed E-state index contributed by atoms with van der Waals surface area (Å²) in [6.45, 7) is 5.20. The molecule has 0 aromatic carbocycles. The van der Waals surface area contributed by atoms with Crippen LogP contribution in [-0.4, -0.2) is 46.8 Å². The summed E-state index contributed by atoms with van der Waals surface area (Å²) in [5, 5.41) is 7.41. The van der Waals surface area contributed by atoms with Crippen LogP contribution in [0.25, 0.3) is 0 Å². The number of nitrogens with one attached hydrogen (secondary N) is 1. The van der Waals surface area contributed by atoms with Crippen molar-refractivity contribution in [2.24, 2.45) is 7.05 Å². The summed E-state index contributed by atoms with van der Waals surface area (Å²) in [6.07, 6.45) is 1.79. The van der Waals surface area contributed by atoms with E-state index in [4.69, 9.17) is 0 Å². The first-order chi connectivity index (χ1) is 7.18. The predicted octanol–water partition coefficient (Wildman–Crippen LogP) is -0.226. The van der Waals surface area contributed by atoms with Crippen molar-refractivity contribution >= 4 is 5.91 Å². The van der Waals surface area contributed by atoms with Gasteiger partial charge in [-0.1, -0.05) is 0 Å². The Bertz CT molecular complexity index is 365. The van der Waals surface area contributed by atoms with Gasteiger partial charge in [-0.05, 0) is 6.92 Å². The van der Waals surface area contributed by atoms with Gasteiger partial charge in [0.15, 0.2) is 0 Å². The van der Waals surface area contributed by atoms with Crippen molar-refractivity contribution in [2.45, 2.75) is 6.92 Å². The number of aryl methyl sites for hydroxylation is 2. The topological polar surface area (TPSA) is 50.2 Å². The van der Waals surface area contributed by atoms with Crippen LogP contribution in [0, 0.1) is 6.92 Å². The summed E-state index contributed by atoms with van der Waals surface area (Å²) in [5.41, 5.74) is 1.53. The standard InChI is InChI=1S/C10H16N4O/c1-8-9(7-13(2)12-8)10(15)14-5-3-11-4-6-14/h7,11H,3-6H2,1-2H3. The van der Waals surface area contributed by atoms with Crippen molar-refractivity contribution in [3.63, 3.8) is 0 Å². The zero-order valence-corrected chi connectivity index (χ0v) is 9.16. The van der Waals surface area contributed by atoms with Gasteiger partial charge >= 0.3 is 0 Å². The number of amides is 1. The summed E-state index contributed by atoms with van der Waals surface area (Å²) in [4.78, 5) is 14.0. The van der Waals surface area contributed by atoms with Crippen LogP contribution < -0.4 is 5.32 Å². The number of carbonyl (C=O) groups is 1. The molecule has 15 heavy (non-hydrogen) atoms. The lowest BCUT2D eigenvalue weighted by molar-refractivity contribution is 0.0735. The maximum Gasteiger partial charge on any atom is 0.257 e. The number of hydrogen-bond acceptors (Lipinski definition) is 3. The Morgan fingerprint density at radius 1 is 1.47 bits per heavy atom. The molecule has 1 amide bonds. The highest BCUT2D eigenvalue weighted by atomic mass is 16.2. The number of aromatic nitrogens is 2. The molecule has 1 aliphatic heterocycles. The van der Waals surface area contributed by atoms with Gasteiger partial charge in [0.2, 0.25) is 0 Å². The van der Waals surface area contributed by atoms with Crippen LogP contribution in [0.1, 0.15) is 16.1 Å². The molecule has 1 aromatic rings. The van der Waals surface area contributed by atoms with Crippen molar-refractivity contribution in [3.05, 3.63) is 17.5 Å². The van der Waals surface area contributed by atoms with Gasteiger partial charge in [-0.25, -0.2) is 0 Å². The van der Waals surface area contributed by atoms with Crippen molar-refractivity contribution in [1.29, 1.82) is 0 Å². The molecule has 82 valence electrons. The van der Waals surface area contributed by atoms with Crippen molar-refractivity contribution in [3.8, 4) is 0 Å². The zero-order chi connectivity index (χ0) is 10.8. The molecular formula is C10H16N4O. The summed E-state index contributed by atoms with van der Waals surface area (Å²) >= 11 is 0. The molecule has 0 atom stereocenters. The van der Waals surface area contributed by atoms with E-state index in [1.54, 1.807) is 10.9 Å².